The van der Waals surface area contributed by atoms with Crippen LogP contribution in [0.4, 0.5) is 5.69 Å². The molecule has 2 nitrogen and oxygen atoms in total. The lowest BCUT2D eigenvalue weighted by Crippen LogP contribution is -2.20. The fraction of sp³-hybridized carbons (Fsp3) is 0.188. The highest BCUT2D eigenvalue weighted by Gasteiger charge is 2.18. The van der Waals surface area contributed by atoms with E-state index >= 15 is 0 Å². The zero-order valence-corrected chi connectivity index (χ0v) is 11.5. The van der Waals surface area contributed by atoms with E-state index < -0.39 is 0 Å². The zero-order valence-electron chi connectivity index (χ0n) is 10.8. The molecule has 3 heteroatoms. The summed E-state index contributed by atoms with van der Waals surface area (Å²) in [7, 11) is 0. The summed E-state index contributed by atoms with van der Waals surface area (Å²) in [6.07, 6.45) is 0.750. The SMILES string of the molecule is CC[C@H](C(=O)Nc1ccccc1Cl)c1ccccc1. The molecule has 0 unspecified atom stereocenters. The van der Waals surface area contributed by atoms with Crippen molar-refractivity contribution in [1.29, 1.82) is 0 Å². The normalized spacial score (nSPS) is 11.9. The summed E-state index contributed by atoms with van der Waals surface area (Å²) >= 11 is 6.05. The maximum atomic E-state index is 12.3. The number of hydrogen-bond acceptors (Lipinski definition) is 1. The molecule has 0 spiro atoms. The summed E-state index contributed by atoms with van der Waals surface area (Å²) in [4.78, 5) is 12.3. The largest absolute Gasteiger partial charge is 0.324 e. The van der Waals surface area contributed by atoms with Gasteiger partial charge in [-0.1, -0.05) is 61.0 Å². The van der Waals surface area contributed by atoms with Crippen LogP contribution in [0, 0.1) is 0 Å². The van der Waals surface area contributed by atoms with Gasteiger partial charge in [-0.2, -0.15) is 0 Å². The molecular weight excluding hydrogens is 258 g/mol. The second kappa shape index (κ2) is 6.39. The van der Waals surface area contributed by atoms with Crippen LogP contribution in [0.1, 0.15) is 24.8 Å². The van der Waals surface area contributed by atoms with Crippen molar-refractivity contribution in [3.63, 3.8) is 0 Å². The first kappa shape index (κ1) is 13.6. The molecule has 1 N–H and O–H groups in total. The topological polar surface area (TPSA) is 29.1 Å². The zero-order chi connectivity index (χ0) is 13.7. The Morgan fingerprint density at radius 3 is 2.37 bits per heavy atom. The van der Waals surface area contributed by atoms with E-state index in [1.54, 1.807) is 12.1 Å². The molecule has 0 radical (unpaired) electrons. The van der Waals surface area contributed by atoms with Gasteiger partial charge < -0.3 is 5.32 Å². The first-order valence-electron chi connectivity index (χ1n) is 6.32. The van der Waals surface area contributed by atoms with E-state index in [2.05, 4.69) is 5.32 Å². The van der Waals surface area contributed by atoms with Gasteiger partial charge in [0.15, 0.2) is 0 Å². The Kier molecular flexibility index (Phi) is 4.58. The molecule has 1 atom stereocenters. The molecule has 19 heavy (non-hydrogen) atoms. The van der Waals surface area contributed by atoms with Crippen molar-refractivity contribution in [2.24, 2.45) is 0 Å². The molecule has 0 aliphatic rings. The third-order valence-electron chi connectivity index (χ3n) is 3.06. The monoisotopic (exact) mass is 273 g/mol. The number of carbonyl (C=O) groups is 1. The number of benzene rings is 2. The Balaban J connectivity index is 2.17. The van der Waals surface area contributed by atoms with Gasteiger partial charge in [-0.3, -0.25) is 4.79 Å². The highest BCUT2D eigenvalue weighted by atomic mass is 35.5. The number of halogens is 1. The van der Waals surface area contributed by atoms with Crippen LogP contribution in [0.5, 0.6) is 0 Å². The molecule has 0 fully saturated rings. The van der Waals surface area contributed by atoms with Crippen LogP contribution in [0.3, 0.4) is 0 Å². The van der Waals surface area contributed by atoms with E-state index in [9.17, 15) is 4.79 Å². The number of amides is 1. The Labute approximate surface area is 118 Å². The highest BCUT2D eigenvalue weighted by molar-refractivity contribution is 6.33. The van der Waals surface area contributed by atoms with Crippen LogP contribution >= 0.6 is 11.6 Å². The lowest BCUT2D eigenvalue weighted by Gasteiger charge is -2.16. The minimum atomic E-state index is -0.155. The first-order valence-corrected chi connectivity index (χ1v) is 6.70. The molecule has 0 saturated heterocycles. The van der Waals surface area contributed by atoms with Gasteiger partial charge >= 0.3 is 0 Å². The summed E-state index contributed by atoms with van der Waals surface area (Å²) in [6, 6.07) is 17.0. The maximum absolute atomic E-state index is 12.3. The fourth-order valence-electron chi connectivity index (χ4n) is 2.04. The van der Waals surface area contributed by atoms with Crippen molar-refractivity contribution in [2.45, 2.75) is 19.3 Å². The van der Waals surface area contributed by atoms with E-state index in [1.165, 1.54) is 0 Å². The second-order valence-electron chi connectivity index (χ2n) is 4.34. The van der Waals surface area contributed by atoms with Crippen LogP contribution in [0.25, 0.3) is 0 Å². The van der Waals surface area contributed by atoms with Crippen molar-refractivity contribution in [3.05, 3.63) is 65.2 Å². The molecule has 0 aliphatic carbocycles. The van der Waals surface area contributed by atoms with Crippen molar-refractivity contribution < 1.29 is 4.79 Å². The van der Waals surface area contributed by atoms with Crippen LogP contribution in [-0.2, 0) is 4.79 Å². The van der Waals surface area contributed by atoms with E-state index in [0.29, 0.717) is 10.7 Å². The third-order valence-corrected chi connectivity index (χ3v) is 3.39. The molecule has 0 aromatic heterocycles. The van der Waals surface area contributed by atoms with Crippen LogP contribution in [-0.4, -0.2) is 5.91 Å². The van der Waals surface area contributed by atoms with Crippen LogP contribution in [0.2, 0.25) is 5.02 Å². The molecule has 0 heterocycles. The van der Waals surface area contributed by atoms with E-state index in [-0.39, 0.29) is 11.8 Å². The standard InChI is InChI=1S/C16H16ClNO/c1-2-13(12-8-4-3-5-9-12)16(19)18-15-11-7-6-10-14(15)17/h3-11,13H,2H2,1H3,(H,18,19)/t13-/m0/s1. The molecule has 0 saturated carbocycles. The van der Waals surface area contributed by atoms with Crippen LogP contribution in [0.15, 0.2) is 54.6 Å². The number of hydrogen-bond donors (Lipinski definition) is 1. The summed E-state index contributed by atoms with van der Waals surface area (Å²) in [5.74, 6) is -0.181. The van der Waals surface area contributed by atoms with Gasteiger partial charge in [0.25, 0.3) is 0 Å². The number of carbonyl (C=O) groups excluding carboxylic acids is 1. The van der Waals surface area contributed by atoms with Crippen molar-refractivity contribution in [3.8, 4) is 0 Å². The Morgan fingerprint density at radius 1 is 1.11 bits per heavy atom. The van der Waals surface area contributed by atoms with Crippen LogP contribution < -0.4 is 5.32 Å². The summed E-state index contributed by atoms with van der Waals surface area (Å²) in [5.41, 5.74) is 1.68. The van der Waals surface area contributed by atoms with Gasteiger partial charge in [-0.05, 0) is 24.1 Å². The van der Waals surface area contributed by atoms with E-state index in [4.69, 9.17) is 11.6 Å². The lowest BCUT2D eigenvalue weighted by molar-refractivity contribution is -0.117. The molecule has 1 amide bonds. The summed E-state index contributed by atoms with van der Waals surface area (Å²) in [6.45, 7) is 2.00. The predicted molar refractivity (Wildman–Crippen MR) is 79.6 cm³/mol. The molecule has 2 aromatic rings. The smallest absolute Gasteiger partial charge is 0.231 e. The highest BCUT2D eigenvalue weighted by Crippen LogP contribution is 2.25. The molecule has 2 aromatic carbocycles. The first-order chi connectivity index (χ1) is 9.22. The van der Waals surface area contributed by atoms with Gasteiger partial charge in [0.2, 0.25) is 5.91 Å². The molecule has 0 bridgehead atoms. The van der Waals surface area contributed by atoms with Gasteiger partial charge in [-0.25, -0.2) is 0 Å². The Hall–Kier alpha value is -1.80. The van der Waals surface area contributed by atoms with Gasteiger partial charge in [0.05, 0.1) is 16.6 Å². The number of rotatable bonds is 4. The minimum Gasteiger partial charge on any atom is -0.324 e. The summed E-state index contributed by atoms with van der Waals surface area (Å²) < 4.78 is 0. The third kappa shape index (κ3) is 3.36. The molecule has 0 aliphatic heterocycles. The van der Waals surface area contributed by atoms with E-state index in [0.717, 1.165) is 12.0 Å². The van der Waals surface area contributed by atoms with Gasteiger partial charge in [0, 0.05) is 0 Å². The maximum Gasteiger partial charge on any atom is 0.231 e. The molecular formula is C16H16ClNO. The fourth-order valence-corrected chi connectivity index (χ4v) is 2.22. The Morgan fingerprint density at radius 2 is 1.74 bits per heavy atom. The van der Waals surface area contributed by atoms with Crippen molar-refractivity contribution >= 4 is 23.2 Å². The second-order valence-corrected chi connectivity index (χ2v) is 4.75. The van der Waals surface area contributed by atoms with E-state index in [1.807, 2.05) is 49.4 Å². The Bertz CT molecular complexity index is 554. The average Bonchev–Trinajstić information content (AvgIpc) is 2.43. The molecule has 2 rings (SSSR count). The average molecular weight is 274 g/mol. The van der Waals surface area contributed by atoms with Gasteiger partial charge in [0.1, 0.15) is 0 Å². The van der Waals surface area contributed by atoms with Crippen molar-refractivity contribution in [2.75, 3.05) is 5.32 Å². The predicted octanol–water partition coefficient (Wildman–Crippen LogP) is 4.47. The molecule has 98 valence electrons. The summed E-state index contributed by atoms with van der Waals surface area (Å²) in [5, 5.41) is 3.44. The number of para-hydroxylation sites is 1. The van der Waals surface area contributed by atoms with Gasteiger partial charge in [-0.15, -0.1) is 0 Å². The lowest BCUT2D eigenvalue weighted by atomic mass is 9.95. The number of anilines is 1. The minimum absolute atomic E-state index is 0.0261. The quantitative estimate of drug-likeness (QED) is 0.875. The van der Waals surface area contributed by atoms with Crippen molar-refractivity contribution in [1.82, 2.24) is 0 Å². The number of nitrogens with one attached hydrogen (secondary N) is 1.